The maximum Gasteiger partial charge on any atom is 0.338 e. The molecule has 0 aliphatic rings. The Kier molecular flexibility index (Phi) is 4.15. The van der Waals surface area contributed by atoms with Gasteiger partial charge in [-0.3, -0.25) is 0 Å². The van der Waals surface area contributed by atoms with Crippen molar-refractivity contribution in [3.8, 4) is 11.5 Å². The van der Waals surface area contributed by atoms with Gasteiger partial charge in [0.2, 0.25) is 10.0 Å². The maximum absolute atomic E-state index is 11.4. The summed E-state index contributed by atoms with van der Waals surface area (Å²) in [6, 6.07) is 2.38. The van der Waals surface area contributed by atoms with Crippen LogP contribution in [0.15, 0.2) is 17.0 Å². The predicted molar refractivity (Wildman–Crippen MR) is 62.3 cm³/mol. The number of hydrogen-bond acceptors (Lipinski definition) is 6. The summed E-state index contributed by atoms with van der Waals surface area (Å²) in [5.74, 6) is -0.696. The van der Waals surface area contributed by atoms with Crippen molar-refractivity contribution in [1.82, 2.24) is 0 Å². The Morgan fingerprint density at radius 1 is 1.17 bits per heavy atom. The van der Waals surface area contributed by atoms with Gasteiger partial charge in [0.05, 0.1) is 26.9 Å². The predicted octanol–water partition coefficient (Wildman–Crippen LogP) is 0.138. The molecule has 1 rings (SSSR count). The third kappa shape index (κ3) is 2.71. The van der Waals surface area contributed by atoms with Crippen molar-refractivity contribution in [2.24, 2.45) is 5.14 Å². The molecule has 0 saturated heterocycles. The van der Waals surface area contributed by atoms with Gasteiger partial charge in [-0.2, -0.15) is 0 Å². The van der Waals surface area contributed by atoms with E-state index in [9.17, 15) is 13.2 Å². The molecule has 7 nitrogen and oxygen atoms in total. The molecular formula is C10H13NO6S. The van der Waals surface area contributed by atoms with E-state index >= 15 is 0 Å². The van der Waals surface area contributed by atoms with E-state index in [0.717, 1.165) is 6.07 Å². The molecule has 0 amide bonds. The van der Waals surface area contributed by atoms with Crippen molar-refractivity contribution in [1.29, 1.82) is 0 Å². The average Bonchev–Trinajstić information content (AvgIpc) is 2.34. The highest BCUT2D eigenvalue weighted by Gasteiger charge is 2.23. The molecule has 0 fully saturated rings. The third-order valence-electron chi connectivity index (χ3n) is 2.17. The van der Waals surface area contributed by atoms with E-state index in [1.165, 1.54) is 27.4 Å². The van der Waals surface area contributed by atoms with Crippen molar-refractivity contribution in [3.63, 3.8) is 0 Å². The molecule has 8 heteroatoms. The van der Waals surface area contributed by atoms with Crippen molar-refractivity contribution in [2.75, 3.05) is 21.3 Å². The standard InChI is InChI=1S/C10H13NO6S/c1-15-7-4-6(10(12)17-3)5-8(9(7)16-2)18(11,13)14/h4-5H,1-3H3,(H2,11,13,14). The number of rotatable bonds is 4. The zero-order valence-electron chi connectivity index (χ0n) is 10.1. The van der Waals surface area contributed by atoms with E-state index in [1.54, 1.807) is 0 Å². The molecule has 0 bridgehead atoms. The Labute approximate surface area is 104 Å². The second kappa shape index (κ2) is 5.23. The second-order valence-corrected chi connectivity index (χ2v) is 4.78. The van der Waals surface area contributed by atoms with Crippen LogP contribution in [0.2, 0.25) is 0 Å². The first-order chi connectivity index (χ1) is 8.35. The van der Waals surface area contributed by atoms with Crippen LogP contribution >= 0.6 is 0 Å². The third-order valence-corrected chi connectivity index (χ3v) is 3.09. The Morgan fingerprint density at radius 3 is 2.17 bits per heavy atom. The summed E-state index contributed by atoms with van der Waals surface area (Å²) in [5.41, 5.74) is -0.000764. The number of ether oxygens (including phenoxy) is 3. The SMILES string of the molecule is COC(=O)c1cc(OC)c(OC)c(S(N)(=O)=O)c1. The minimum atomic E-state index is -4.06. The molecule has 2 N–H and O–H groups in total. The topological polar surface area (TPSA) is 105 Å². The lowest BCUT2D eigenvalue weighted by Gasteiger charge is -2.12. The number of sulfonamides is 1. The molecule has 100 valence electrons. The highest BCUT2D eigenvalue weighted by atomic mass is 32.2. The van der Waals surface area contributed by atoms with Crippen molar-refractivity contribution < 1.29 is 27.4 Å². The summed E-state index contributed by atoms with van der Waals surface area (Å²) >= 11 is 0. The van der Waals surface area contributed by atoms with Crippen LogP contribution in [0, 0.1) is 0 Å². The zero-order chi connectivity index (χ0) is 13.9. The van der Waals surface area contributed by atoms with E-state index in [-0.39, 0.29) is 22.0 Å². The molecule has 0 heterocycles. The Morgan fingerprint density at radius 2 is 1.78 bits per heavy atom. The van der Waals surface area contributed by atoms with Gasteiger partial charge in [0, 0.05) is 0 Å². The van der Waals surface area contributed by atoms with E-state index in [4.69, 9.17) is 14.6 Å². The van der Waals surface area contributed by atoms with E-state index in [0.29, 0.717) is 0 Å². The number of methoxy groups -OCH3 is 3. The largest absolute Gasteiger partial charge is 0.493 e. The average molecular weight is 275 g/mol. The normalized spacial score (nSPS) is 10.9. The number of hydrogen-bond donors (Lipinski definition) is 1. The maximum atomic E-state index is 11.4. The highest BCUT2D eigenvalue weighted by molar-refractivity contribution is 7.89. The fourth-order valence-corrected chi connectivity index (χ4v) is 2.11. The molecule has 0 spiro atoms. The number of esters is 1. The molecule has 0 aliphatic heterocycles. The molecule has 1 aromatic carbocycles. The molecule has 0 radical (unpaired) electrons. The van der Waals surface area contributed by atoms with Crippen LogP contribution in [0.25, 0.3) is 0 Å². The smallest absolute Gasteiger partial charge is 0.338 e. The lowest BCUT2D eigenvalue weighted by atomic mass is 10.2. The number of benzene rings is 1. The fourth-order valence-electron chi connectivity index (χ4n) is 1.38. The first-order valence-corrected chi connectivity index (χ1v) is 6.27. The second-order valence-electron chi connectivity index (χ2n) is 3.25. The summed E-state index contributed by atoms with van der Waals surface area (Å²) in [4.78, 5) is 11.1. The Hall–Kier alpha value is -1.80. The minimum absolute atomic E-state index is 0.000764. The monoisotopic (exact) mass is 275 g/mol. The zero-order valence-corrected chi connectivity index (χ0v) is 10.9. The van der Waals surface area contributed by atoms with Gasteiger partial charge in [-0.25, -0.2) is 18.4 Å². The molecule has 0 aliphatic carbocycles. The van der Waals surface area contributed by atoms with Crippen molar-refractivity contribution >= 4 is 16.0 Å². The number of carbonyl (C=O) groups excluding carboxylic acids is 1. The van der Waals surface area contributed by atoms with Crippen molar-refractivity contribution in [3.05, 3.63) is 17.7 Å². The number of carbonyl (C=O) groups is 1. The van der Waals surface area contributed by atoms with Gasteiger partial charge in [0.15, 0.2) is 11.5 Å². The van der Waals surface area contributed by atoms with Gasteiger partial charge >= 0.3 is 5.97 Å². The molecule has 0 unspecified atom stereocenters. The van der Waals surface area contributed by atoms with Gasteiger partial charge in [-0.1, -0.05) is 0 Å². The lowest BCUT2D eigenvalue weighted by molar-refractivity contribution is 0.0600. The fraction of sp³-hybridized carbons (Fsp3) is 0.300. The summed E-state index contributed by atoms with van der Waals surface area (Å²) in [7, 11) is -0.299. The van der Waals surface area contributed by atoms with Gasteiger partial charge in [0.1, 0.15) is 4.90 Å². The first-order valence-electron chi connectivity index (χ1n) is 4.72. The summed E-state index contributed by atoms with van der Waals surface area (Å²) in [6.45, 7) is 0. The minimum Gasteiger partial charge on any atom is -0.493 e. The van der Waals surface area contributed by atoms with E-state index in [2.05, 4.69) is 4.74 Å². The van der Waals surface area contributed by atoms with Crippen LogP contribution in [0.5, 0.6) is 11.5 Å². The van der Waals surface area contributed by atoms with Gasteiger partial charge in [0.25, 0.3) is 0 Å². The van der Waals surface area contributed by atoms with Gasteiger partial charge in [-0.15, -0.1) is 0 Å². The Balaban J connectivity index is 3.61. The molecular weight excluding hydrogens is 262 g/mol. The molecule has 0 aromatic heterocycles. The molecule has 0 saturated carbocycles. The van der Waals surface area contributed by atoms with Gasteiger partial charge < -0.3 is 14.2 Å². The van der Waals surface area contributed by atoms with E-state index in [1.807, 2.05) is 0 Å². The quantitative estimate of drug-likeness (QED) is 0.783. The first kappa shape index (κ1) is 14.3. The molecule has 0 atom stereocenters. The van der Waals surface area contributed by atoms with Crippen LogP contribution in [-0.2, 0) is 14.8 Å². The highest BCUT2D eigenvalue weighted by Crippen LogP contribution is 2.35. The summed E-state index contributed by atoms with van der Waals surface area (Å²) in [6.07, 6.45) is 0. The lowest BCUT2D eigenvalue weighted by Crippen LogP contribution is -2.15. The van der Waals surface area contributed by atoms with Crippen LogP contribution in [0.1, 0.15) is 10.4 Å². The van der Waals surface area contributed by atoms with Gasteiger partial charge in [-0.05, 0) is 12.1 Å². The van der Waals surface area contributed by atoms with Crippen LogP contribution < -0.4 is 14.6 Å². The summed E-state index contributed by atoms with van der Waals surface area (Å²) < 4.78 is 37.3. The van der Waals surface area contributed by atoms with E-state index < -0.39 is 16.0 Å². The molecule has 18 heavy (non-hydrogen) atoms. The number of nitrogens with two attached hydrogens (primary N) is 1. The summed E-state index contributed by atoms with van der Waals surface area (Å²) in [5, 5.41) is 5.05. The van der Waals surface area contributed by atoms with Crippen LogP contribution in [0.4, 0.5) is 0 Å². The molecule has 1 aromatic rings. The van der Waals surface area contributed by atoms with Crippen LogP contribution in [0.3, 0.4) is 0 Å². The Bertz CT molecular complexity index is 566. The van der Waals surface area contributed by atoms with Crippen LogP contribution in [-0.4, -0.2) is 35.7 Å². The van der Waals surface area contributed by atoms with Crippen molar-refractivity contribution in [2.45, 2.75) is 4.90 Å². The number of primary sulfonamides is 1.